The highest BCUT2D eigenvalue weighted by molar-refractivity contribution is 5.92. The Bertz CT molecular complexity index is 559. The van der Waals surface area contributed by atoms with Crippen LogP contribution in [0.15, 0.2) is 48.5 Å². The maximum absolute atomic E-state index is 12.0. The Balaban J connectivity index is 1.92. The van der Waals surface area contributed by atoms with Crippen LogP contribution in [0.25, 0.3) is 0 Å². The summed E-state index contributed by atoms with van der Waals surface area (Å²) in [5, 5.41) is 6.01. The SMILES string of the molecule is CNCc1ccc(NC(=O)Cc2ccc(C)cc2)cc1. The van der Waals surface area contributed by atoms with Gasteiger partial charge in [0.1, 0.15) is 0 Å². The average molecular weight is 268 g/mol. The third-order valence-electron chi connectivity index (χ3n) is 3.10. The lowest BCUT2D eigenvalue weighted by Gasteiger charge is -2.07. The molecule has 0 saturated heterocycles. The number of rotatable bonds is 5. The topological polar surface area (TPSA) is 41.1 Å². The van der Waals surface area contributed by atoms with E-state index in [2.05, 4.69) is 10.6 Å². The fourth-order valence-electron chi connectivity index (χ4n) is 2.01. The molecule has 1 amide bonds. The molecule has 2 rings (SSSR count). The Morgan fingerprint density at radius 1 is 0.950 bits per heavy atom. The van der Waals surface area contributed by atoms with Crippen molar-refractivity contribution >= 4 is 11.6 Å². The number of amides is 1. The van der Waals surface area contributed by atoms with Crippen LogP contribution in [0.1, 0.15) is 16.7 Å². The van der Waals surface area contributed by atoms with Gasteiger partial charge in [-0.3, -0.25) is 4.79 Å². The first kappa shape index (κ1) is 14.3. The van der Waals surface area contributed by atoms with E-state index in [9.17, 15) is 4.79 Å². The molecule has 0 aliphatic rings. The van der Waals surface area contributed by atoms with Gasteiger partial charge in [-0.25, -0.2) is 0 Å². The predicted octanol–water partition coefficient (Wildman–Crippen LogP) is 2.90. The van der Waals surface area contributed by atoms with Crippen molar-refractivity contribution in [3.05, 3.63) is 65.2 Å². The Labute approximate surface area is 120 Å². The molecule has 0 fully saturated rings. The maximum Gasteiger partial charge on any atom is 0.228 e. The van der Waals surface area contributed by atoms with E-state index in [1.165, 1.54) is 11.1 Å². The molecule has 0 spiro atoms. The maximum atomic E-state index is 12.0. The Hall–Kier alpha value is -2.13. The molecule has 2 aromatic rings. The largest absolute Gasteiger partial charge is 0.326 e. The number of hydrogen-bond donors (Lipinski definition) is 2. The summed E-state index contributed by atoms with van der Waals surface area (Å²) in [5.41, 5.74) is 4.26. The Morgan fingerprint density at radius 3 is 2.15 bits per heavy atom. The second-order valence-corrected chi connectivity index (χ2v) is 4.94. The highest BCUT2D eigenvalue weighted by Crippen LogP contribution is 2.11. The summed E-state index contributed by atoms with van der Waals surface area (Å²) in [7, 11) is 1.91. The van der Waals surface area contributed by atoms with E-state index in [1.807, 2.05) is 62.5 Å². The van der Waals surface area contributed by atoms with E-state index in [0.29, 0.717) is 6.42 Å². The van der Waals surface area contributed by atoms with Gasteiger partial charge in [-0.1, -0.05) is 42.0 Å². The van der Waals surface area contributed by atoms with Gasteiger partial charge in [-0.2, -0.15) is 0 Å². The summed E-state index contributed by atoms with van der Waals surface area (Å²) >= 11 is 0. The van der Waals surface area contributed by atoms with Gasteiger partial charge in [0.15, 0.2) is 0 Å². The van der Waals surface area contributed by atoms with Gasteiger partial charge >= 0.3 is 0 Å². The quantitative estimate of drug-likeness (QED) is 0.875. The van der Waals surface area contributed by atoms with Crippen LogP contribution in [0.4, 0.5) is 5.69 Å². The van der Waals surface area contributed by atoms with Crippen molar-refractivity contribution in [2.45, 2.75) is 19.9 Å². The second kappa shape index (κ2) is 6.87. The molecule has 0 unspecified atom stereocenters. The van der Waals surface area contributed by atoms with Gasteiger partial charge in [0.05, 0.1) is 6.42 Å². The van der Waals surface area contributed by atoms with Crippen LogP contribution in [-0.4, -0.2) is 13.0 Å². The van der Waals surface area contributed by atoms with Crippen LogP contribution in [0.3, 0.4) is 0 Å². The molecular weight excluding hydrogens is 248 g/mol. The number of benzene rings is 2. The van der Waals surface area contributed by atoms with Crippen LogP contribution in [0, 0.1) is 6.92 Å². The van der Waals surface area contributed by atoms with Gasteiger partial charge in [-0.15, -0.1) is 0 Å². The molecule has 0 aliphatic carbocycles. The molecule has 2 aromatic carbocycles. The lowest BCUT2D eigenvalue weighted by molar-refractivity contribution is -0.115. The summed E-state index contributed by atoms with van der Waals surface area (Å²) in [5.74, 6) is 0.00946. The number of aryl methyl sites for hydroxylation is 1. The van der Waals surface area contributed by atoms with Crippen molar-refractivity contribution in [2.75, 3.05) is 12.4 Å². The van der Waals surface area contributed by atoms with Crippen LogP contribution >= 0.6 is 0 Å². The smallest absolute Gasteiger partial charge is 0.228 e. The van der Waals surface area contributed by atoms with Crippen molar-refractivity contribution in [3.63, 3.8) is 0 Å². The van der Waals surface area contributed by atoms with Gasteiger partial charge in [-0.05, 0) is 37.2 Å². The monoisotopic (exact) mass is 268 g/mol. The zero-order valence-corrected chi connectivity index (χ0v) is 11.9. The molecule has 3 heteroatoms. The van der Waals surface area contributed by atoms with Gasteiger partial charge < -0.3 is 10.6 Å². The summed E-state index contributed by atoms with van der Waals surface area (Å²) in [6.07, 6.45) is 0.401. The van der Waals surface area contributed by atoms with Crippen LogP contribution < -0.4 is 10.6 Å². The molecule has 3 nitrogen and oxygen atoms in total. The minimum Gasteiger partial charge on any atom is -0.326 e. The molecule has 0 radical (unpaired) electrons. The van der Waals surface area contributed by atoms with Crippen LogP contribution in [-0.2, 0) is 17.8 Å². The zero-order valence-electron chi connectivity index (χ0n) is 11.9. The van der Waals surface area contributed by atoms with Crippen molar-refractivity contribution in [1.82, 2.24) is 5.32 Å². The first-order valence-corrected chi connectivity index (χ1v) is 6.76. The van der Waals surface area contributed by atoms with E-state index in [1.54, 1.807) is 0 Å². The molecule has 0 aliphatic heterocycles. The molecule has 104 valence electrons. The fraction of sp³-hybridized carbons (Fsp3) is 0.235. The molecule has 0 atom stereocenters. The molecular formula is C17H20N2O. The lowest BCUT2D eigenvalue weighted by Crippen LogP contribution is -2.14. The van der Waals surface area contributed by atoms with E-state index in [-0.39, 0.29) is 5.91 Å². The first-order valence-electron chi connectivity index (χ1n) is 6.76. The average Bonchev–Trinajstić information content (AvgIpc) is 2.44. The van der Waals surface area contributed by atoms with Crippen molar-refractivity contribution < 1.29 is 4.79 Å². The van der Waals surface area contributed by atoms with Crippen LogP contribution in [0.5, 0.6) is 0 Å². The third kappa shape index (κ3) is 4.21. The molecule has 0 saturated carbocycles. The number of carbonyl (C=O) groups excluding carboxylic acids is 1. The first-order chi connectivity index (χ1) is 9.67. The molecule has 20 heavy (non-hydrogen) atoms. The number of anilines is 1. The lowest BCUT2D eigenvalue weighted by atomic mass is 10.1. The van der Waals surface area contributed by atoms with Gasteiger partial charge in [0.2, 0.25) is 5.91 Å². The van der Waals surface area contributed by atoms with E-state index in [4.69, 9.17) is 0 Å². The van der Waals surface area contributed by atoms with Crippen molar-refractivity contribution in [2.24, 2.45) is 0 Å². The zero-order chi connectivity index (χ0) is 14.4. The van der Waals surface area contributed by atoms with E-state index >= 15 is 0 Å². The van der Waals surface area contributed by atoms with Gasteiger partial charge in [0.25, 0.3) is 0 Å². The minimum atomic E-state index is 0.00946. The minimum absolute atomic E-state index is 0.00946. The van der Waals surface area contributed by atoms with E-state index < -0.39 is 0 Å². The molecule has 0 aromatic heterocycles. The molecule has 2 N–H and O–H groups in total. The normalized spacial score (nSPS) is 10.3. The van der Waals surface area contributed by atoms with Crippen LogP contribution in [0.2, 0.25) is 0 Å². The van der Waals surface area contributed by atoms with Crippen molar-refractivity contribution in [1.29, 1.82) is 0 Å². The number of hydrogen-bond acceptors (Lipinski definition) is 2. The third-order valence-corrected chi connectivity index (χ3v) is 3.10. The highest BCUT2D eigenvalue weighted by Gasteiger charge is 2.04. The predicted molar refractivity (Wildman–Crippen MR) is 82.7 cm³/mol. The standard InChI is InChI=1S/C17H20N2O/c1-13-3-5-14(6-4-13)11-17(20)19-16-9-7-15(8-10-16)12-18-2/h3-10,18H,11-12H2,1-2H3,(H,19,20). The van der Waals surface area contributed by atoms with Gasteiger partial charge in [0, 0.05) is 12.2 Å². The Kier molecular flexibility index (Phi) is 4.91. The molecule has 0 bridgehead atoms. The fourth-order valence-corrected chi connectivity index (χ4v) is 2.01. The number of carbonyl (C=O) groups is 1. The number of nitrogens with one attached hydrogen (secondary N) is 2. The summed E-state index contributed by atoms with van der Waals surface area (Å²) in [4.78, 5) is 12.0. The second-order valence-electron chi connectivity index (χ2n) is 4.94. The Morgan fingerprint density at radius 2 is 1.55 bits per heavy atom. The summed E-state index contributed by atoms with van der Waals surface area (Å²) in [6.45, 7) is 2.87. The highest BCUT2D eigenvalue weighted by atomic mass is 16.1. The summed E-state index contributed by atoms with van der Waals surface area (Å²) in [6, 6.07) is 15.9. The summed E-state index contributed by atoms with van der Waals surface area (Å²) < 4.78 is 0. The molecule has 0 heterocycles. The van der Waals surface area contributed by atoms with E-state index in [0.717, 1.165) is 17.8 Å². The van der Waals surface area contributed by atoms with Crippen molar-refractivity contribution in [3.8, 4) is 0 Å².